The minimum absolute atomic E-state index is 0.0951. The zero-order chi connectivity index (χ0) is 21.0. The standard InChI is InChI=1S/C21H26F3N5/c1-14-11-29(12-17-7-5-4-6-8-17)13-18(14)20-26-16(3)19(27-28-20)10-25-15(2)9-21(22,23)24/h4-8,14,18,25H,2-3,9-13H2,1H3,(H,26,28). The lowest BCUT2D eigenvalue weighted by molar-refractivity contribution is -0.127. The average Bonchev–Trinajstić information content (AvgIpc) is 3.00. The molecule has 0 aromatic heterocycles. The van der Waals surface area contributed by atoms with E-state index in [4.69, 9.17) is 0 Å². The topological polar surface area (TPSA) is 52.0 Å². The first-order valence-corrected chi connectivity index (χ1v) is 9.56. The van der Waals surface area contributed by atoms with Gasteiger partial charge in [0.15, 0.2) is 0 Å². The van der Waals surface area contributed by atoms with Crippen LogP contribution in [0.1, 0.15) is 18.9 Å². The number of allylic oxidation sites excluding steroid dienone is 1. The number of alkyl halides is 3. The van der Waals surface area contributed by atoms with Gasteiger partial charge in [0.1, 0.15) is 11.5 Å². The third-order valence-electron chi connectivity index (χ3n) is 5.11. The Kier molecular flexibility index (Phi) is 6.42. The molecular formula is C21H26F3N5. The van der Waals surface area contributed by atoms with E-state index in [2.05, 4.69) is 58.0 Å². The summed E-state index contributed by atoms with van der Waals surface area (Å²) in [5.41, 5.74) is 2.19. The Bertz CT molecular complexity index is 813. The van der Waals surface area contributed by atoms with Gasteiger partial charge in [-0.05, 0) is 11.5 Å². The minimum Gasteiger partial charge on any atom is -0.383 e. The number of likely N-dealkylation sites (tertiary alicyclic amines) is 1. The van der Waals surface area contributed by atoms with Gasteiger partial charge in [-0.3, -0.25) is 4.90 Å². The Morgan fingerprint density at radius 3 is 2.62 bits per heavy atom. The highest BCUT2D eigenvalue weighted by molar-refractivity contribution is 6.07. The fourth-order valence-corrected chi connectivity index (χ4v) is 3.64. The van der Waals surface area contributed by atoms with Crippen LogP contribution in [-0.2, 0) is 6.54 Å². The maximum Gasteiger partial charge on any atom is 0.394 e. The van der Waals surface area contributed by atoms with Crippen LogP contribution in [-0.4, -0.2) is 42.3 Å². The van der Waals surface area contributed by atoms with Crippen molar-refractivity contribution in [3.8, 4) is 0 Å². The van der Waals surface area contributed by atoms with Crippen LogP contribution in [0.3, 0.4) is 0 Å². The van der Waals surface area contributed by atoms with Crippen molar-refractivity contribution in [1.29, 1.82) is 0 Å². The first-order chi connectivity index (χ1) is 13.7. The van der Waals surface area contributed by atoms with Crippen LogP contribution in [0.15, 0.2) is 65.1 Å². The molecule has 0 saturated carbocycles. The normalized spacial score (nSPS) is 22.7. The van der Waals surface area contributed by atoms with Gasteiger partial charge in [-0.2, -0.15) is 13.2 Å². The highest BCUT2D eigenvalue weighted by Crippen LogP contribution is 2.26. The highest BCUT2D eigenvalue weighted by Gasteiger charge is 2.35. The van der Waals surface area contributed by atoms with E-state index in [1.54, 1.807) is 0 Å². The van der Waals surface area contributed by atoms with Gasteiger partial charge in [-0.1, -0.05) is 50.4 Å². The van der Waals surface area contributed by atoms with Gasteiger partial charge in [-0.15, -0.1) is 10.2 Å². The summed E-state index contributed by atoms with van der Waals surface area (Å²) in [4.78, 5) is 2.39. The molecule has 8 heteroatoms. The summed E-state index contributed by atoms with van der Waals surface area (Å²) in [6, 6.07) is 10.3. The molecule has 2 aliphatic rings. The molecule has 29 heavy (non-hydrogen) atoms. The number of amidine groups is 1. The Balaban J connectivity index is 1.57. The number of nitrogens with one attached hydrogen (secondary N) is 2. The quantitative estimate of drug-likeness (QED) is 0.728. The van der Waals surface area contributed by atoms with Crippen molar-refractivity contribution in [2.24, 2.45) is 22.0 Å². The second kappa shape index (κ2) is 8.82. The molecule has 3 rings (SSSR count). The molecule has 1 fully saturated rings. The molecule has 2 aliphatic heterocycles. The summed E-state index contributed by atoms with van der Waals surface area (Å²) >= 11 is 0. The van der Waals surface area contributed by atoms with Crippen LogP contribution in [0.2, 0.25) is 0 Å². The smallest absolute Gasteiger partial charge is 0.383 e. The molecule has 2 unspecified atom stereocenters. The van der Waals surface area contributed by atoms with Crippen molar-refractivity contribution in [3.05, 3.63) is 60.4 Å². The van der Waals surface area contributed by atoms with E-state index in [1.807, 2.05) is 18.2 Å². The molecule has 1 aromatic carbocycles. The predicted octanol–water partition coefficient (Wildman–Crippen LogP) is 3.68. The van der Waals surface area contributed by atoms with Crippen molar-refractivity contribution in [3.63, 3.8) is 0 Å². The largest absolute Gasteiger partial charge is 0.394 e. The van der Waals surface area contributed by atoms with Gasteiger partial charge in [0, 0.05) is 31.2 Å². The summed E-state index contributed by atoms with van der Waals surface area (Å²) < 4.78 is 37.2. The van der Waals surface area contributed by atoms with Gasteiger partial charge in [0.2, 0.25) is 0 Å². The number of halogens is 3. The predicted molar refractivity (Wildman–Crippen MR) is 109 cm³/mol. The van der Waals surface area contributed by atoms with E-state index < -0.39 is 12.6 Å². The molecule has 0 amide bonds. The molecule has 0 spiro atoms. The monoisotopic (exact) mass is 405 g/mol. The number of rotatable bonds is 7. The SMILES string of the molecule is C=C(CC(F)(F)F)NCC1=NN=C(C2CN(Cc3ccccc3)CC2C)NC1=C. The van der Waals surface area contributed by atoms with Crippen molar-refractivity contribution >= 4 is 11.5 Å². The maximum absolute atomic E-state index is 12.4. The van der Waals surface area contributed by atoms with Gasteiger partial charge in [0.25, 0.3) is 0 Å². The fraction of sp³-hybridized carbons (Fsp3) is 0.429. The van der Waals surface area contributed by atoms with Crippen molar-refractivity contribution in [1.82, 2.24) is 15.5 Å². The minimum atomic E-state index is -4.29. The van der Waals surface area contributed by atoms with Crippen LogP contribution in [0.4, 0.5) is 13.2 Å². The molecule has 1 aromatic rings. The molecule has 1 saturated heterocycles. The van der Waals surface area contributed by atoms with E-state index >= 15 is 0 Å². The zero-order valence-electron chi connectivity index (χ0n) is 16.5. The third kappa shape index (κ3) is 5.93. The van der Waals surface area contributed by atoms with Crippen LogP contribution in [0, 0.1) is 11.8 Å². The van der Waals surface area contributed by atoms with Gasteiger partial charge in [-0.25, -0.2) is 0 Å². The Hall–Kier alpha value is -2.61. The number of hydrogen-bond acceptors (Lipinski definition) is 5. The lowest BCUT2D eigenvalue weighted by atomic mass is 9.96. The molecule has 0 radical (unpaired) electrons. The summed E-state index contributed by atoms with van der Waals surface area (Å²) in [7, 11) is 0. The zero-order valence-corrected chi connectivity index (χ0v) is 16.5. The van der Waals surface area contributed by atoms with E-state index in [0.29, 0.717) is 17.3 Å². The van der Waals surface area contributed by atoms with Gasteiger partial charge in [0.05, 0.1) is 18.7 Å². The Morgan fingerprint density at radius 2 is 1.97 bits per heavy atom. The van der Waals surface area contributed by atoms with E-state index in [0.717, 1.165) is 25.5 Å². The molecule has 2 atom stereocenters. The lowest BCUT2D eigenvalue weighted by Gasteiger charge is -2.23. The van der Waals surface area contributed by atoms with Crippen LogP contribution in [0.5, 0.6) is 0 Å². The van der Waals surface area contributed by atoms with Gasteiger partial charge < -0.3 is 10.6 Å². The Labute approximate surface area is 169 Å². The lowest BCUT2D eigenvalue weighted by Crippen LogP contribution is -2.40. The summed E-state index contributed by atoms with van der Waals surface area (Å²) in [5, 5.41) is 14.3. The fourth-order valence-electron chi connectivity index (χ4n) is 3.64. The van der Waals surface area contributed by atoms with Gasteiger partial charge >= 0.3 is 6.18 Å². The second-order valence-corrected chi connectivity index (χ2v) is 7.65. The van der Waals surface area contributed by atoms with Crippen molar-refractivity contribution in [2.45, 2.75) is 26.1 Å². The summed E-state index contributed by atoms with van der Waals surface area (Å²) in [6.45, 7) is 12.3. The molecule has 2 N–H and O–H groups in total. The number of hydrogen-bond donors (Lipinski definition) is 2. The van der Waals surface area contributed by atoms with Crippen LogP contribution in [0.25, 0.3) is 0 Å². The van der Waals surface area contributed by atoms with E-state index in [9.17, 15) is 13.2 Å². The van der Waals surface area contributed by atoms with Crippen LogP contribution >= 0.6 is 0 Å². The second-order valence-electron chi connectivity index (χ2n) is 7.65. The third-order valence-corrected chi connectivity index (χ3v) is 5.11. The first-order valence-electron chi connectivity index (χ1n) is 9.56. The van der Waals surface area contributed by atoms with E-state index in [-0.39, 0.29) is 18.2 Å². The highest BCUT2D eigenvalue weighted by atomic mass is 19.4. The molecule has 0 bridgehead atoms. The maximum atomic E-state index is 12.4. The van der Waals surface area contributed by atoms with Crippen molar-refractivity contribution < 1.29 is 13.2 Å². The van der Waals surface area contributed by atoms with E-state index in [1.165, 1.54) is 5.56 Å². The average molecular weight is 405 g/mol. The summed E-state index contributed by atoms with van der Waals surface area (Å²) in [5.74, 6) is 1.36. The summed E-state index contributed by atoms with van der Waals surface area (Å²) in [6.07, 6.45) is -5.37. The molecule has 0 aliphatic carbocycles. The Morgan fingerprint density at radius 1 is 1.24 bits per heavy atom. The van der Waals surface area contributed by atoms with Crippen molar-refractivity contribution in [2.75, 3.05) is 19.6 Å². The molecular weight excluding hydrogens is 379 g/mol. The molecule has 156 valence electrons. The van der Waals surface area contributed by atoms with Crippen LogP contribution < -0.4 is 10.6 Å². The molecule has 5 nitrogen and oxygen atoms in total. The number of nitrogens with zero attached hydrogens (tertiary/aromatic N) is 3. The number of benzene rings is 1. The first kappa shape index (κ1) is 21.1. The molecule has 2 heterocycles.